The molecule has 1 atom stereocenters. The van der Waals surface area contributed by atoms with Gasteiger partial charge in [0.2, 0.25) is 5.91 Å². The molecule has 1 unspecified atom stereocenters. The van der Waals surface area contributed by atoms with Gasteiger partial charge in [-0.05, 0) is 12.5 Å². The average molecular weight is 162 g/mol. The lowest BCUT2D eigenvalue weighted by Crippen LogP contribution is -2.36. The molecular weight excluding hydrogens is 152 g/mol. The van der Waals surface area contributed by atoms with Crippen LogP contribution in [0, 0.1) is 5.92 Å². The van der Waals surface area contributed by atoms with Crippen LogP contribution in [0.3, 0.4) is 0 Å². The Kier molecular flexibility index (Phi) is 1.57. The van der Waals surface area contributed by atoms with Gasteiger partial charge in [0.05, 0.1) is 18.0 Å². The number of carbonyl (C=O) groups is 1. The van der Waals surface area contributed by atoms with Gasteiger partial charge in [0.15, 0.2) is 0 Å². The Morgan fingerprint density at radius 3 is 3.33 bits per heavy atom. The molecule has 3 heteroatoms. The van der Waals surface area contributed by atoms with Crippen molar-refractivity contribution >= 4 is 12.2 Å². The van der Waals surface area contributed by atoms with Gasteiger partial charge in [-0.2, -0.15) is 0 Å². The molecule has 0 aromatic heterocycles. The van der Waals surface area contributed by atoms with E-state index in [-0.39, 0.29) is 11.8 Å². The first-order valence-corrected chi connectivity index (χ1v) is 3.96. The van der Waals surface area contributed by atoms with Gasteiger partial charge in [0, 0.05) is 7.05 Å². The third kappa shape index (κ3) is 0.978. The summed E-state index contributed by atoms with van der Waals surface area (Å²) < 4.78 is 0. The van der Waals surface area contributed by atoms with Crippen molar-refractivity contribution in [3.8, 4) is 0 Å². The van der Waals surface area contributed by atoms with E-state index < -0.39 is 0 Å². The number of rotatable bonds is 0. The van der Waals surface area contributed by atoms with Crippen molar-refractivity contribution in [1.82, 2.24) is 4.90 Å². The maximum Gasteiger partial charge on any atom is 0.236 e. The molecule has 1 aliphatic heterocycles. The molecule has 12 heavy (non-hydrogen) atoms. The van der Waals surface area contributed by atoms with E-state index in [9.17, 15) is 4.79 Å². The molecule has 0 fully saturated rings. The molecule has 0 saturated heterocycles. The maximum atomic E-state index is 11.5. The second-order valence-electron chi connectivity index (χ2n) is 3.00. The first-order chi connectivity index (χ1) is 5.79. The van der Waals surface area contributed by atoms with Crippen LogP contribution >= 0.6 is 0 Å². The lowest BCUT2D eigenvalue weighted by molar-refractivity contribution is -0.129. The maximum absolute atomic E-state index is 11.5. The highest BCUT2D eigenvalue weighted by Gasteiger charge is 2.28. The first-order valence-electron chi connectivity index (χ1n) is 3.96. The quantitative estimate of drug-likeness (QED) is 0.522. The highest BCUT2D eigenvalue weighted by atomic mass is 16.2. The summed E-state index contributed by atoms with van der Waals surface area (Å²) in [5.41, 5.74) is 0.889. The van der Waals surface area contributed by atoms with Crippen LogP contribution in [0.4, 0.5) is 0 Å². The summed E-state index contributed by atoms with van der Waals surface area (Å²) in [6.07, 6.45) is 8.20. The summed E-state index contributed by atoms with van der Waals surface area (Å²) in [7, 11) is 1.74. The number of hydrogen-bond acceptors (Lipinski definition) is 2. The second kappa shape index (κ2) is 2.59. The van der Waals surface area contributed by atoms with Gasteiger partial charge in [-0.3, -0.25) is 4.79 Å². The van der Waals surface area contributed by atoms with Crippen molar-refractivity contribution in [3.05, 3.63) is 23.9 Å². The molecule has 2 aliphatic rings. The molecule has 0 N–H and O–H groups in total. The highest BCUT2D eigenvalue weighted by molar-refractivity contribution is 5.93. The molecule has 1 aliphatic carbocycles. The Morgan fingerprint density at radius 2 is 2.50 bits per heavy atom. The molecule has 1 amide bonds. The lowest BCUT2D eigenvalue weighted by Gasteiger charge is -2.25. The predicted octanol–water partition coefficient (Wildman–Crippen LogP) is 0.947. The summed E-state index contributed by atoms with van der Waals surface area (Å²) in [6, 6.07) is 0. The van der Waals surface area contributed by atoms with E-state index in [4.69, 9.17) is 0 Å². The Balaban J connectivity index is 2.37. The van der Waals surface area contributed by atoms with Crippen molar-refractivity contribution < 1.29 is 4.79 Å². The largest absolute Gasteiger partial charge is 0.305 e. The molecule has 0 aromatic rings. The molecule has 0 radical (unpaired) electrons. The number of amides is 1. The number of fused-ring (bicyclic) bond motifs is 1. The summed E-state index contributed by atoms with van der Waals surface area (Å²) in [4.78, 5) is 17.2. The Bertz CT molecular complexity index is 302. The summed E-state index contributed by atoms with van der Waals surface area (Å²) >= 11 is 0. The normalized spacial score (nSPS) is 27.1. The minimum Gasteiger partial charge on any atom is -0.305 e. The Labute approximate surface area is 71.1 Å². The number of hydrogen-bond donors (Lipinski definition) is 0. The zero-order valence-corrected chi connectivity index (χ0v) is 6.90. The Morgan fingerprint density at radius 1 is 1.67 bits per heavy atom. The second-order valence-corrected chi connectivity index (χ2v) is 3.00. The van der Waals surface area contributed by atoms with E-state index in [1.54, 1.807) is 18.3 Å². The van der Waals surface area contributed by atoms with Gasteiger partial charge in [-0.15, -0.1) is 0 Å². The van der Waals surface area contributed by atoms with Crippen LogP contribution < -0.4 is 0 Å². The van der Waals surface area contributed by atoms with Gasteiger partial charge >= 0.3 is 0 Å². The van der Waals surface area contributed by atoms with Crippen LogP contribution in [-0.4, -0.2) is 24.2 Å². The van der Waals surface area contributed by atoms with Gasteiger partial charge in [-0.25, -0.2) is 4.99 Å². The molecular formula is C9H10N2O. The lowest BCUT2D eigenvalue weighted by atomic mass is 9.95. The third-order valence-electron chi connectivity index (χ3n) is 2.16. The van der Waals surface area contributed by atoms with Gasteiger partial charge in [0.1, 0.15) is 0 Å². The zero-order chi connectivity index (χ0) is 8.55. The standard InChI is InChI=1S/C9H10N2O/c1-11-6-10-8-5-3-2-4-7(8)9(11)12/h2-3,5-7H,4H2,1H3. The zero-order valence-electron chi connectivity index (χ0n) is 6.90. The predicted molar refractivity (Wildman–Crippen MR) is 46.6 cm³/mol. The molecule has 0 spiro atoms. The monoisotopic (exact) mass is 162 g/mol. The summed E-state index contributed by atoms with van der Waals surface area (Å²) in [5.74, 6) is 0.102. The molecule has 0 saturated carbocycles. The van der Waals surface area contributed by atoms with Gasteiger partial charge in [-0.1, -0.05) is 12.2 Å². The van der Waals surface area contributed by atoms with Crippen LogP contribution in [0.25, 0.3) is 0 Å². The van der Waals surface area contributed by atoms with Gasteiger partial charge in [0.25, 0.3) is 0 Å². The minimum absolute atomic E-state index is 0.0370. The molecule has 0 aromatic carbocycles. The fourth-order valence-corrected chi connectivity index (χ4v) is 1.43. The van der Waals surface area contributed by atoms with Crippen LogP contribution in [0.5, 0.6) is 0 Å². The summed E-state index contributed by atoms with van der Waals surface area (Å²) in [6.45, 7) is 0. The van der Waals surface area contributed by atoms with E-state index in [1.807, 2.05) is 18.2 Å². The van der Waals surface area contributed by atoms with Crippen LogP contribution in [-0.2, 0) is 4.79 Å². The Hall–Kier alpha value is -1.38. The fourth-order valence-electron chi connectivity index (χ4n) is 1.43. The highest BCUT2D eigenvalue weighted by Crippen LogP contribution is 2.25. The van der Waals surface area contributed by atoms with Crippen molar-refractivity contribution in [1.29, 1.82) is 0 Å². The smallest absolute Gasteiger partial charge is 0.236 e. The van der Waals surface area contributed by atoms with Crippen LogP contribution in [0.15, 0.2) is 28.9 Å². The SMILES string of the molecule is CN1C=NC2=CC=CCC2C1=O. The summed E-state index contributed by atoms with van der Waals surface area (Å²) in [5, 5.41) is 0. The minimum atomic E-state index is -0.0370. The fraction of sp³-hybridized carbons (Fsp3) is 0.333. The molecule has 62 valence electrons. The van der Waals surface area contributed by atoms with Crippen LogP contribution in [0.1, 0.15) is 6.42 Å². The van der Waals surface area contributed by atoms with Gasteiger partial charge < -0.3 is 4.90 Å². The molecule has 3 nitrogen and oxygen atoms in total. The average Bonchev–Trinajstić information content (AvgIpc) is 2.12. The molecule has 2 rings (SSSR count). The van der Waals surface area contributed by atoms with E-state index in [0.717, 1.165) is 12.1 Å². The third-order valence-corrected chi connectivity index (χ3v) is 2.16. The van der Waals surface area contributed by atoms with Crippen molar-refractivity contribution in [2.45, 2.75) is 6.42 Å². The topological polar surface area (TPSA) is 32.7 Å². The number of aliphatic imine (C=N–C) groups is 1. The van der Waals surface area contributed by atoms with Crippen molar-refractivity contribution in [2.24, 2.45) is 10.9 Å². The number of nitrogens with zero attached hydrogens (tertiary/aromatic N) is 2. The van der Waals surface area contributed by atoms with E-state index in [1.165, 1.54) is 0 Å². The van der Waals surface area contributed by atoms with Crippen molar-refractivity contribution in [2.75, 3.05) is 7.05 Å². The van der Waals surface area contributed by atoms with E-state index >= 15 is 0 Å². The molecule has 0 bridgehead atoms. The number of allylic oxidation sites excluding steroid dienone is 3. The first kappa shape index (κ1) is 7.28. The number of carbonyl (C=O) groups excluding carboxylic acids is 1. The van der Waals surface area contributed by atoms with E-state index in [0.29, 0.717) is 0 Å². The van der Waals surface area contributed by atoms with Crippen LogP contribution in [0.2, 0.25) is 0 Å². The van der Waals surface area contributed by atoms with E-state index in [2.05, 4.69) is 4.99 Å². The molecule has 1 heterocycles. The van der Waals surface area contributed by atoms with Crippen molar-refractivity contribution in [3.63, 3.8) is 0 Å².